The Morgan fingerprint density at radius 1 is 0.269 bits per heavy atom. The Kier molecular flexibility index (Phi) is 10.2. The average Bonchev–Trinajstić information content (AvgIpc) is 3.83. The van der Waals surface area contributed by atoms with Crippen LogP contribution >= 0.6 is 0 Å². The molecule has 12 rings (SSSR count). The van der Waals surface area contributed by atoms with Crippen molar-refractivity contribution < 1.29 is 0 Å². The Bertz CT molecular complexity index is 3660. The summed E-state index contributed by atoms with van der Waals surface area (Å²) >= 11 is 0. The zero-order valence-corrected chi connectivity index (χ0v) is 36.5. The number of pyridine rings is 1. The largest absolute Gasteiger partial charge is 0.231 e. The van der Waals surface area contributed by atoms with E-state index in [9.17, 15) is 0 Å². The van der Waals surface area contributed by atoms with Crippen molar-refractivity contribution in [3.63, 3.8) is 0 Å². The number of benzene rings is 9. The third-order valence-corrected chi connectivity index (χ3v) is 12.7. The number of hydrogen-bond acceptors (Lipinski definition) is 3. The lowest BCUT2D eigenvalue weighted by Gasteiger charge is -2.18. The summed E-state index contributed by atoms with van der Waals surface area (Å²) in [6.07, 6.45) is 0. The topological polar surface area (TPSA) is 43.1 Å². The van der Waals surface area contributed by atoms with Crippen LogP contribution in [-0.4, -0.2) is 19.6 Å². The average molecular weight is 855 g/mol. The van der Waals surface area contributed by atoms with Gasteiger partial charge in [-0.3, -0.25) is 0 Å². The molecule has 0 aliphatic rings. The molecule has 0 N–H and O–H groups in total. The molecule has 4 nitrogen and oxygen atoms in total. The van der Waals surface area contributed by atoms with Gasteiger partial charge in [-0.2, -0.15) is 5.10 Å². The molecule has 3 aromatic heterocycles. The van der Waals surface area contributed by atoms with E-state index >= 15 is 0 Å². The van der Waals surface area contributed by atoms with Gasteiger partial charge < -0.3 is 0 Å². The van der Waals surface area contributed by atoms with Crippen molar-refractivity contribution in [3.8, 4) is 101 Å². The van der Waals surface area contributed by atoms with Gasteiger partial charge in [0.1, 0.15) is 5.69 Å². The van der Waals surface area contributed by atoms with E-state index in [1.165, 1.54) is 16.5 Å². The number of rotatable bonds is 9. The Hall–Kier alpha value is -8.99. The molecule has 12 aromatic rings. The molecule has 67 heavy (non-hydrogen) atoms. The lowest BCUT2D eigenvalue weighted by molar-refractivity contribution is 0.981. The highest BCUT2D eigenvalue weighted by molar-refractivity contribution is 6.15. The van der Waals surface area contributed by atoms with Gasteiger partial charge in [-0.25, -0.2) is 14.5 Å². The van der Waals surface area contributed by atoms with Crippen LogP contribution in [-0.2, 0) is 0 Å². The SMILES string of the molecule is c1ccc(-c2ccc(-c3cc(-c4ccc(-c5ccc(-c6c(-c7ccccc7)n7nc(-c8ccccc8)c(-c8ccccc8)c7c7ccccc67)cc5)cc4)nc(-c4ccccc4)n3)cc2)cc1. The lowest BCUT2D eigenvalue weighted by atomic mass is 9.90. The number of hydrogen-bond donors (Lipinski definition) is 0. The first-order chi connectivity index (χ1) is 33.2. The molecule has 0 aliphatic heterocycles. The van der Waals surface area contributed by atoms with Gasteiger partial charge in [-0.05, 0) is 44.8 Å². The van der Waals surface area contributed by atoms with Crippen molar-refractivity contribution in [1.29, 1.82) is 0 Å². The van der Waals surface area contributed by atoms with E-state index < -0.39 is 0 Å². The molecule has 0 saturated heterocycles. The molecule has 9 aromatic carbocycles. The van der Waals surface area contributed by atoms with Crippen LogP contribution in [0.3, 0.4) is 0 Å². The van der Waals surface area contributed by atoms with Crippen LogP contribution in [0.1, 0.15) is 0 Å². The zero-order chi connectivity index (χ0) is 44.5. The second-order valence-electron chi connectivity index (χ2n) is 16.8. The van der Waals surface area contributed by atoms with Crippen LogP contribution < -0.4 is 0 Å². The highest BCUT2D eigenvalue weighted by atomic mass is 15.2. The Morgan fingerprint density at radius 3 is 1.13 bits per heavy atom. The van der Waals surface area contributed by atoms with Crippen molar-refractivity contribution in [2.24, 2.45) is 0 Å². The molecule has 0 amide bonds. The van der Waals surface area contributed by atoms with E-state index in [2.05, 4.69) is 235 Å². The maximum absolute atomic E-state index is 5.54. The van der Waals surface area contributed by atoms with Gasteiger partial charge in [0.25, 0.3) is 0 Å². The summed E-state index contributed by atoms with van der Waals surface area (Å²) in [5, 5.41) is 7.86. The monoisotopic (exact) mass is 854 g/mol. The fourth-order valence-electron chi connectivity index (χ4n) is 9.39. The van der Waals surface area contributed by atoms with E-state index in [0.717, 1.165) is 94.9 Å². The highest BCUT2D eigenvalue weighted by Crippen LogP contribution is 2.46. The van der Waals surface area contributed by atoms with E-state index in [-0.39, 0.29) is 0 Å². The summed E-state index contributed by atoms with van der Waals surface area (Å²) in [7, 11) is 0. The standard InChI is InChI=1S/C63H42N4/c1-6-18-43(19-7-1)44-30-36-47(37-31-44)56-42-57(65-63(64-56)53-26-14-5-15-27-53)48-38-32-45(33-39-48)46-34-40-50(41-35-46)58-54-28-16-17-29-55(54)62-59(49-20-8-2-9-21-49)60(51-22-10-3-11-23-51)66-67(62)61(58)52-24-12-4-13-25-52/h1-42H. The van der Waals surface area contributed by atoms with E-state index in [0.29, 0.717) is 5.82 Å². The summed E-state index contributed by atoms with van der Waals surface area (Å²) in [5.74, 6) is 0.697. The highest BCUT2D eigenvalue weighted by Gasteiger charge is 2.25. The summed E-state index contributed by atoms with van der Waals surface area (Å²) in [6, 6.07) is 89.8. The summed E-state index contributed by atoms with van der Waals surface area (Å²) < 4.78 is 2.20. The molecule has 0 saturated carbocycles. The Balaban J connectivity index is 0.947. The Morgan fingerprint density at radius 2 is 0.627 bits per heavy atom. The molecular weight excluding hydrogens is 813 g/mol. The molecular formula is C63H42N4. The third-order valence-electron chi connectivity index (χ3n) is 12.7. The van der Waals surface area contributed by atoms with E-state index in [1.807, 2.05) is 24.3 Å². The fraction of sp³-hybridized carbons (Fsp3) is 0. The van der Waals surface area contributed by atoms with Crippen molar-refractivity contribution in [2.75, 3.05) is 0 Å². The molecule has 4 heteroatoms. The molecule has 0 bridgehead atoms. The molecule has 0 unspecified atom stereocenters. The predicted octanol–water partition coefficient (Wildman–Crippen LogP) is 16.3. The number of nitrogens with zero attached hydrogens (tertiary/aromatic N) is 4. The van der Waals surface area contributed by atoms with Crippen molar-refractivity contribution in [3.05, 3.63) is 255 Å². The molecule has 0 spiro atoms. The minimum absolute atomic E-state index is 0.697. The first kappa shape index (κ1) is 39.6. The summed E-state index contributed by atoms with van der Waals surface area (Å²) in [6.45, 7) is 0. The van der Waals surface area contributed by atoms with Gasteiger partial charge >= 0.3 is 0 Å². The maximum Gasteiger partial charge on any atom is 0.160 e. The fourth-order valence-corrected chi connectivity index (χ4v) is 9.39. The number of aromatic nitrogens is 4. The van der Waals surface area contributed by atoms with Gasteiger partial charge in [0.15, 0.2) is 5.82 Å². The third kappa shape index (κ3) is 7.47. The van der Waals surface area contributed by atoms with Crippen molar-refractivity contribution in [2.45, 2.75) is 0 Å². The first-order valence-electron chi connectivity index (χ1n) is 22.7. The molecule has 0 radical (unpaired) electrons. The van der Waals surface area contributed by atoms with Crippen molar-refractivity contribution in [1.82, 2.24) is 19.6 Å². The maximum atomic E-state index is 5.54. The zero-order valence-electron chi connectivity index (χ0n) is 36.5. The van der Waals surface area contributed by atoms with Gasteiger partial charge in [-0.1, -0.05) is 249 Å². The smallest absolute Gasteiger partial charge is 0.160 e. The van der Waals surface area contributed by atoms with Crippen molar-refractivity contribution >= 4 is 16.3 Å². The normalized spacial score (nSPS) is 11.3. The van der Waals surface area contributed by atoms with Crippen LogP contribution in [0.2, 0.25) is 0 Å². The summed E-state index contributed by atoms with van der Waals surface area (Å²) in [4.78, 5) is 10.2. The second-order valence-corrected chi connectivity index (χ2v) is 16.8. The van der Waals surface area contributed by atoms with E-state index in [4.69, 9.17) is 15.1 Å². The van der Waals surface area contributed by atoms with Crippen LogP contribution in [0.25, 0.3) is 117 Å². The second kappa shape index (κ2) is 17.2. The molecule has 0 aliphatic carbocycles. The molecule has 0 atom stereocenters. The summed E-state index contributed by atoms with van der Waals surface area (Å²) in [5.41, 5.74) is 19.2. The first-order valence-corrected chi connectivity index (χ1v) is 22.7. The Labute approximate surface area is 389 Å². The minimum Gasteiger partial charge on any atom is -0.231 e. The van der Waals surface area contributed by atoms with Gasteiger partial charge in [0.05, 0.1) is 22.6 Å². The van der Waals surface area contributed by atoms with Crippen LogP contribution in [0, 0.1) is 0 Å². The molecule has 0 fully saturated rings. The van der Waals surface area contributed by atoms with Gasteiger partial charge in [0, 0.05) is 44.3 Å². The molecule has 314 valence electrons. The van der Waals surface area contributed by atoms with Gasteiger partial charge in [0.2, 0.25) is 0 Å². The predicted molar refractivity (Wildman–Crippen MR) is 277 cm³/mol. The molecule has 3 heterocycles. The van der Waals surface area contributed by atoms with Crippen LogP contribution in [0.15, 0.2) is 255 Å². The van der Waals surface area contributed by atoms with E-state index in [1.54, 1.807) is 0 Å². The van der Waals surface area contributed by atoms with Crippen LogP contribution in [0.5, 0.6) is 0 Å². The minimum atomic E-state index is 0.697. The van der Waals surface area contributed by atoms with Gasteiger partial charge in [-0.15, -0.1) is 0 Å². The number of fused-ring (bicyclic) bond motifs is 3. The lowest BCUT2D eigenvalue weighted by Crippen LogP contribution is -2.00. The van der Waals surface area contributed by atoms with Crippen LogP contribution in [0.4, 0.5) is 0 Å². The quantitative estimate of drug-likeness (QED) is 0.145.